The predicted molar refractivity (Wildman–Crippen MR) is 125 cm³/mol. The van der Waals surface area contributed by atoms with Crippen LogP contribution in [0.4, 0.5) is 0 Å². The van der Waals surface area contributed by atoms with Gasteiger partial charge in [0, 0.05) is 32.1 Å². The van der Waals surface area contributed by atoms with Gasteiger partial charge >= 0.3 is 0 Å². The van der Waals surface area contributed by atoms with E-state index in [-0.39, 0.29) is 12.0 Å². The van der Waals surface area contributed by atoms with Crippen molar-refractivity contribution >= 4 is 17.5 Å². The van der Waals surface area contributed by atoms with Gasteiger partial charge in [-0.25, -0.2) is 4.98 Å². The fourth-order valence-electron chi connectivity index (χ4n) is 3.73. The number of nitrogens with zero attached hydrogens (tertiary/aromatic N) is 2. The van der Waals surface area contributed by atoms with Crippen LogP contribution in [0.3, 0.4) is 0 Å². The number of hydrogen-bond acceptors (Lipinski definition) is 4. The Morgan fingerprint density at radius 1 is 1.03 bits per heavy atom. The van der Waals surface area contributed by atoms with Crippen molar-refractivity contribution in [2.45, 2.75) is 31.9 Å². The maximum absolute atomic E-state index is 13.4. The Bertz CT molecular complexity index is 1010. The fourth-order valence-corrected chi connectivity index (χ4v) is 3.94. The summed E-state index contributed by atoms with van der Waals surface area (Å²) in [6, 6.07) is 21.8. The summed E-state index contributed by atoms with van der Waals surface area (Å²) in [4.78, 5) is 19.6. The largest absolute Gasteiger partial charge is 0.473 e. The molecule has 32 heavy (non-hydrogen) atoms. The van der Waals surface area contributed by atoms with Crippen LogP contribution in [-0.4, -0.2) is 41.7 Å². The van der Waals surface area contributed by atoms with E-state index in [9.17, 15) is 4.79 Å². The zero-order valence-corrected chi connectivity index (χ0v) is 18.7. The van der Waals surface area contributed by atoms with E-state index in [1.807, 2.05) is 53.4 Å². The van der Waals surface area contributed by atoms with Crippen molar-refractivity contribution in [1.29, 1.82) is 0 Å². The van der Waals surface area contributed by atoms with Crippen LogP contribution in [0, 0.1) is 0 Å². The van der Waals surface area contributed by atoms with Gasteiger partial charge in [-0.1, -0.05) is 72.3 Å². The lowest BCUT2D eigenvalue weighted by Gasteiger charge is -2.24. The molecule has 6 heteroatoms. The predicted octanol–water partition coefficient (Wildman–Crippen LogP) is 5.18. The highest BCUT2D eigenvalue weighted by atomic mass is 35.5. The molecule has 0 aliphatic carbocycles. The molecule has 1 aliphatic heterocycles. The minimum atomic E-state index is -0.100. The number of hydrogen-bond donors (Lipinski definition) is 0. The first kappa shape index (κ1) is 22.3. The van der Waals surface area contributed by atoms with Crippen molar-refractivity contribution in [1.82, 2.24) is 9.88 Å². The average Bonchev–Trinajstić information content (AvgIpc) is 2.84. The number of rotatable bonds is 8. The molecule has 4 rings (SSSR count). The Labute approximate surface area is 193 Å². The molecule has 166 valence electrons. The molecular weight excluding hydrogens is 424 g/mol. The van der Waals surface area contributed by atoms with Gasteiger partial charge in [-0.3, -0.25) is 4.79 Å². The topological polar surface area (TPSA) is 51.7 Å². The van der Waals surface area contributed by atoms with Crippen molar-refractivity contribution in [2.24, 2.45) is 0 Å². The average molecular weight is 451 g/mol. The highest BCUT2D eigenvalue weighted by Gasteiger charge is 2.21. The van der Waals surface area contributed by atoms with Gasteiger partial charge in [0.15, 0.2) is 0 Å². The Morgan fingerprint density at radius 3 is 2.34 bits per heavy atom. The minimum Gasteiger partial charge on any atom is -0.473 e. The Balaban J connectivity index is 1.49. The second-order valence-electron chi connectivity index (χ2n) is 7.89. The first-order valence-electron chi connectivity index (χ1n) is 11.0. The number of benzene rings is 2. The maximum atomic E-state index is 13.4. The Kier molecular flexibility index (Phi) is 7.75. The van der Waals surface area contributed by atoms with Crippen molar-refractivity contribution in [2.75, 3.05) is 19.8 Å². The SMILES string of the molecule is O=C(c1cnc(OC2CCOCC2)c(Cl)c1)N(CCc1ccccc1)Cc1ccccc1. The Hall–Kier alpha value is -2.89. The zero-order valence-electron chi connectivity index (χ0n) is 18.0. The molecule has 5 nitrogen and oxygen atoms in total. The number of carbonyl (C=O) groups is 1. The number of halogens is 1. The van der Waals surface area contributed by atoms with Crippen LogP contribution in [0.1, 0.15) is 34.3 Å². The normalized spacial score (nSPS) is 14.2. The second kappa shape index (κ2) is 11.1. The van der Waals surface area contributed by atoms with Gasteiger partial charge in [0.2, 0.25) is 5.88 Å². The van der Waals surface area contributed by atoms with E-state index >= 15 is 0 Å². The van der Waals surface area contributed by atoms with Crippen LogP contribution in [0.15, 0.2) is 72.9 Å². The summed E-state index contributed by atoms with van der Waals surface area (Å²) < 4.78 is 11.3. The molecule has 0 atom stereocenters. The standard InChI is InChI=1S/C26H27ClN2O3/c27-24-17-22(18-28-25(24)32-23-12-15-31-16-13-23)26(30)29(19-21-9-5-2-6-10-21)14-11-20-7-3-1-4-8-20/h1-10,17-18,23H,11-16,19H2. The van der Waals surface area contributed by atoms with Gasteiger partial charge < -0.3 is 14.4 Å². The number of amides is 1. The van der Waals surface area contributed by atoms with Crippen LogP contribution in [0.2, 0.25) is 5.02 Å². The van der Waals surface area contributed by atoms with Crippen LogP contribution >= 0.6 is 11.6 Å². The van der Waals surface area contributed by atoms with E-state index in [2.05, 4.69) is 17.1 Å². The molecule has 2 aromatic carbocycles. The van der Waals surface area contributed by atoms with Crippen molar-refractivity contribution in [3.8, 4) is 5.88 Å². The zero-order chi connectivity index (χ0) is 22.2. The van der Waals surface area contributed by atoms with Gasteiger partial charge in [-0.15, -0.1) is 0 Å². The van der Waals surface area contributed by atoms with Gasteiger partial charge in [0.25, 0.3) is 5.91 Å². The molecule has 3 aromatic rings. The van der Waals surface area contributed by atoms with Crippen molar-refractivity contribution < 1.29 is 14.3 Å². The molecule has 0 spiro atoms. The minimum absolute atomic E-state index is 0.0377. The van der Waals surface area contributed by atoms with Crippen LogP contribution in [0.5, 0.6) is 5.88 Å². The van der Waals surface area contributed by atoms with Crippen LogP contribution in [0.25, 0.3) is 0 Å². The van der Waals surface area contributed by atoms with Gasteiger partial charge in [0.05, 0.1) is 18.8 Å². The van der Waals surface area contributed by atoms with E-state index in [0.29, 0.717) is 42.8 Å². The maximum Gasteiger partial charge on any atom is 0.255 e. The Morgan fingerprint density at radius 2 is 1.69 bits per heavy atom. The molecular formula is C26H27ClN2O3. The van der Waals surface area contributed by atoms with E-state index in [0.717, 1.165) is 24.8 Å². The van der Waals surface area contributed by atoms with Crippen LogP contribution < -0.4 is 4.74 Å². The molecule has 1 amide bonds. The number of pyridine rings is 1. The highest BCUT2D eigenvalue weighted by molar-refractivity contribution is 6.32. The quantitative estimate of drug-likeness (QED) is 0.474. The third-order valence-electron chi connectivity index (χ3n) is 5.52. The molecule has 0 radical (unpaired) electrons. The first-order chi connectivity index (χ1) is 15.7. The molecule has 2 heterocycles. The highest BCUT2D eigenvalue weighted by Crippen LogP contribution is 2.26. The monoisotopic (exact) mass is 450 g/mol. The summed E-state index contributed by atoms with van der Waals surface area (Å²) in [5.41, 5.74) is 2.72. The molecule has 0 saturated carbocycles. The fraction of sp³-hybridized carbons (Fsp3) is 0.308. The molecule has 0 unspecified atom stereocenters. The van der Waals surface area contributed by atoms with E-state index in [4.69, 9.17) is 21.1 Å². The van der Waals surface area contributed by atoms with E-state index < -0.39 is 0 Å². The summed E-state index contributed by atoms with van der Waals surface area (Å²) >= 11 is 6.44. The third kappa shape index (κ3) is 6.09. The van der Waals surface area contributed by atoms with Gasteiger partial charge in [-0.05, 0) is 23.6 Å². The molecule has 0 bridgehead atoms. The van der Waals surface area contributed by atoms with Gasteiger partial charge in [-0.2, -0.15) is 0 Å². The molecule has 0 N–H and O–H groups in total. The van der Waals surface area contributed by atoms with Crippen molar-refractivity contribution in [3.05, 3.63) is 94.6 Å². The smallest absolute Gasteiger partial charge is 0.255 e. The van der Waals surface area contributed by atoms with Gasteiger partial charge in [0.1, 0.15) is 11.1 Å². The summed E-state index contributed by atoms with van der Waals surface area (Å²) in [5, 5.41) is 0.352. The molecule has 1 aliphatic rings. The summed E-state index contributed by atoms with van der Waals surface area (Å²) in [7, 11) is 0. The second-order valence-corrected chi connectivity index (χ2v) is 8.30. The molecule has 1 saturated heterocycles. The first-order valence-corrected chi connectivity index (χ1v) is 11.3. The number of ether oxygens (including phenoxy) is 2. The van der Waals surface area contributed by atoms with E-state index in [1.165, 1.54) is 5.56 Å². The van der Waals surface area contributed by atoms with E-state index in [1.54, 1.807) is 12.3 Å². The summed E-state index contributed by atoms with van der Waals surface area (Å²) in [6.45, 7) is 2.46. The lowest BCUT2D eigenvalue weighted by molar-refractivity contribution is 0.0238. The third-order valence-corrected chi connectivity index (χ3v) is 5.79. The van der Waals surface area contributed by atoms with Crippen molar-refractivity contribution in [3.63, 3.8) is 0 Å². The molecule has 1 aromatic heterocycles. The number of carbonyl (C=O) groups excluding carboxylic acids is 1. The number of aromatic nitrogens is 1. The lowest BCUT2D eigenvalue weighted by Crippen LogP contribution is -2.32. The van der Waals surface area contributed by atoms with Crippen LogP contribution in [-0.2, 0) is 17.7 Å². The molecule has 1 fully saturated rings. The summed E-state index contributed by atoms with van der Waals surface area (Å²) in [5.74, 6) is 0.269. The summed E-state index contributed by atoms with van der Waals surface area (Å²) in [6.07, 6.45) is 3.98. The lowest BCUT2D eigenvalue weighted by atomic mass is 10.1.